The number of benzene rings is 2. The van der Waals surface area contributed by atoms with Gasteiger partial charge >= 0.3 is 6.18 Å². The SMILES string of the molecule is Fc1cccc(-c2cc(C(F)(F)F)ccc2CCl)c1. The second-order valence-electron chi connectivity index (χ2n) is 4.01. The molecule has 0 aliphatic carbocycles. The fraction of sp³-hybridized carbons (Fsp3) is 0.143. The van der Waals surface area contributed by atoms with Crippen LogP contribution in [0.4, 0.5) is 17.6 Å². The van der Waals surface area contributed by atoms with Gasteiger partial charge in [0.1, 0.15) is 5.82 Å². The summed E-state index contributed by atoms with van der Waals surface area (Å²) in [6.07, 6.45) is -4.44. The molecule has 0 aromatic heterocycles. The van der Waals surface area contributed by atoms with Gasteiger partial charge in [0.05, 0.1) is 5.56 Å². The zero-order valence-electron chi connectivity index (χ0n) is 9.64. The summed E-state index contributed by atoms with van der Waals surface area (Å²) in [4.78, 5) is 0. The van der Waals surface area contributed by atoms with Crippen molar-refractivity contribution >= 4 is 11.6 Å². The molecular weight excluding hydrogens is 280 g/mol. The van der Waals surface area contributed by atoms with Crippen LogP contribution in [-0.4, -0.2) is 0 Å². The number of hydrogen-bond acceptors (Lipinski definition) is 0. The molecule has 100 valence electrons. The van der Waals surface area contributed by atoms with Crippen molar-refractivity contribution in [1.29, 1.82) is 0 Å². The number of hydrogen-bond donors (Lipinski definition) is 0. The lowest BCUT2D eigenvalue weighted by Crippen LogP contribution is -2.05. The van der Waals surface area contributed by atoms with Crippen molar-refractivity contribution in [3.63, 3.8) is 0 Å². The molecule has 0 spiro atoms. The van der Waals surface area contributed by atoms with Gasteiger partial charge in [0.15, 0.2) is 0 Å². The minimum atomic E-state index is -4.44. The fourth-order valence-corrected chi connectivity index (χ4v) is 2.03. The van der Waals surface area contributed by atoms with E-state index in [9.17, 15) is 17.6 Å². The normalized spacial score (nSPS) is 11.6. The van der Waals surface area contributed by atoms with Crippen molar-refractivity contribution in [2.45, 2.75) is 12.1 Å². The van der Waals surface area contributed by atoms with Crippen LogP contribution in [0.25, 0.3) is 11.1 Å². The highest BCUT2D eigenvalue weighted by Gasteiger charge is 2.31. The van der Waals surface area contributed by atoms with E-state index in [0.29, 0.717) is 16.7 Å². The molecule has 0 fully saturated rings. The summed E-state index contributed by atoms with van der Waals surface area (Å²) in [5.41, 5.74) is 0.423. The molecule has 0 N–H and O–H groups in total. The van der Waals surface area contributed by atoms with Gasteiger partial charge in [-0.25, -0.2) is 4.39 Å². The minimum absolute atomic E-state index is 0.0595. The van der Waals surface area contributed by atoms with Gasteiger partial charge in [-0.15, -0.1) is 11.6 Å². The van der Waals surface area contributed by atoms with Gasteiger partial charge in [-0.2, -0.15) is 13.2 Å². The lowest BCUT2D eigenvalue weighted by Gasteiger charge is -2.12. The zero-order valence-corrected chi connectivity index (χ0v) is 10.4. The molecular formula is C14H9ClF4. The molecule has 0 aliphatic rings. The molecule has 0 amide bonds. The highest BCUT2D eigenvalue weighted by Crippen LogP contribution is 2.34. The van der Waals surface area contributed by atoms with Crippen LogP contribution in [0.2, 0.25) is 0 Å². The molecule has 0 unspecified atom stereocenters. The van der Waals surface area contributed by atoms with E-state index in [1.54, 1.807) is 6.07 Å². The van der Waals surface area contributed by atoms with E-state index in [-0.39, 0.29) is 5.88 Å². The first kappa shape index (κ1) is 13.9. The van der Waals surface area contributed by atoms with Gasteiger partial charge in [0, 0.05) is 5.88 Å². The quantitative estimate of drug-likeness (QED) is 0.523. The standard InChI is InChI=1S/C14H9ClF4/c15-8-10-4-5-11(14(17,18)19)7-13(10)9-2-1-3-12(16)6-9/h1-7H,8H2. The molecule has 0 saturated heterocycles. The average Bonchev–Trinajstić information content (AvgIpc) is 2.37. The Hall–Kier alpha value is -1.55. The minimum Gasteiger partial charge on any atom is -0.207 e. The molecule has 0 atom stereocenters. The highest BCUT2D eigenvalue weighted by molar-refractivity contribution is 6.17. The van der Waals surface area contributed by atoms with E-state index in [1.807, 2.05) is 0 Å². The fourth-order valence-electron chi connectivity index (χ4n) is 1.79. The number of alkyl halides is 4. The molecule has 0 bridgehead atoms. The van der Waals surface area contributed by atoms with Gasteiger partial charge in [0.2, 0.25) is 0 Å². The maximum absolute atomic E-state index is 13.2. The first-order chi connectivity index (χ1) is 8.91. The average molecular weight is 289 g/mol. The predicted octanol–water partition coefficient (Wildman–Crippen LogP) is 5.25. The lowest BCUT2D eigenvalue weighted by atomic mass is 9.98. The van der Waals surface area contributed by atoms with Crippen molar-refractivity contribution in [3.05, 3.63) is 59.4 Å². The summed E-state index contributed by atoms with van der Waals surface area (Å²) < 4.78 is 51.2. The summed E-state index contributed by atoms with van der Waals surface area (Å²) >= 11 is 5.71. The summed E-state index contributed by atoms with van der Waals surface area (Å²) in [5.74, 6) is -0.445. The summed E-state index contributed by atoms with van der Waals surface area (Å²) in [7, 11) is 0. The molecule has 2 aromatic rings. The Bertz CT molecular complexity index is 590. The molecule has 0 aliphatic heterocycles. The van der Waals surface area contributed by atoms with Gasteiger partial charge in [-0.05, 0) is 41.0 Å². The second kappa shape index (κ2) is 5.21. The van der Waals surface area contributed by atoms with Gasteiger partial charge < -0.3 is 0 Å². The van der Waals surface area contributed by atoms with Crippen molar-refractivity contribution < 1.29 is 17.6 Å². The maximum atomic E-state index is 13.2. The Morgan fingerprint density at radius 3 is 2.32 bits per heavy atom. The van der Waals surface area contributed by atoms with E-state index >= 15 is 0 Å². The third-order valence-corrected chi connectivity index (χ3v) is 3.00. The number of halogens is 5. The predicted molar refractivity (Wildman–Crippen MR) is 66.4 cm³/mol. The smallest absolute Gasteiger partial charge is 0.207 e. The van der Waals surface area contributed by atoms with Gasteiger partial charge in [0.25, 0.3) is 0 Å². The molecule has 0 nitrogen and oxygen atoms in total. The summed E-state index contributed by atoms with van der Waals surface area (Å²) in [6, 6.07) is 8.70. The largest absolute Gasteiger partial charge is 0.416 e. The zero-order chi connectivity index (χ0) is 14.0. The Kier molecular flexibility index (Phi) is 3.80. The molecule has 0 heterocycles. The summed E-state index contributed by atoms with van der Waals surface area (Å²) in [5, 5.41) is 0. The first-order valence-electron chi connectivity index (χ1n) is 5.44. The van der Waals surface area contributed by atoms with Crippen LogP contribution in [-0.2, 0) is 12.1 Å². The van der Waals surface area contributed by atoms with E-state index < -0.39 is 17.6 Å². The van der Waals surface area contributed by atoms with Crippen LogP contribution in [0, 0.1) is 5.82 Å². The second-order valence-corrected chi connectivity index (χ2v) is 4.28. The van der Waals surface area contributed by atoms with E-state index in [4.69, 9.17) is 11.6 Å². The van der Waals surface area contributed by atoms with E-state index in [1.165, 1.54) is 24.3 Å². The third kappa shape index (κ3) is 3.07. The van der Waals surface area contributed by atoms with E-state index in [2.05, 4.69) is 0 Å². The molecule has 19 heavy (non-hydrogen) atoms. The van der Waals surface area contributed by atoms with E-state index in [0.717, 1.165) is 12.1 Å². The van der Waals surface area contributed by atoms with Crippen LogP contribution in [0.1, 0.15) is 11.1 Å². The summed E-state index contributed by atoms with van der Waals surface area (Å²) in [6.45, 7) is 0. The molecule has 2 aromatic carbocycles. The number of rotatable bonds is 2. The van der Waals surface area contributed by atoms with Crippen LogP contribution in [0.15, 0.2) is 42.5 Å². The Morgan fingerprint density at radius 1 is 1.00 bits per heavy atom. The lowest BCUT2D eigenvalue weighted by molar-refractivity contribution is -0.137. The molecule has 5 heteroatoms. The third-order valence-electron chi connectivity index (χ3n) is 2.72. The van der Waals surface area contributed by atoms with Crippen LogP contribution < -0.4 is 0 Å². The first-order valence-corrected chi connectivity index (χ1v) is 5.97. The Morgan fingerprint density at radius 2 is 1.74 bits per heavy atom. The van der Waals surface area contributed by atoms with Crippen molar-refractivity contribution in [1.82, 2.24) is 0 Å². The van der Waals surface area contributed by atoms with Gasteiger partial charge in [-0.1, -0.05) is 18.2 Å². The van der Waals surface area contributed by atoms with Crippen LogP contribution >= 0.6 is 11.6 Å². The van der Waals surface area contributed by atoms with Crippen molar-refractivity contribution in [3.8, 4) is 11.1 Å². The van der Waals surface area contributed by atoms with Crippen molar-refractivity contribution in [2.75, 3.05) is 0 Å². The van der Waals surface area contributed by atoms with Crippen molar-refractivity contribution in [2.24, 2.45) is 0 Å². The monoisotopic (exact) mass is 288 g/mol. The highest BCUT2D eigenvalue weighted by atomic mass is 35.5. The Labute approximate surface area is 112 Å². The van der Waals surface area contributed by atoms with Crippen LogP contribution in [0.5, 0.6) is 0 Å². The molecule has 0 saturated carbocycles. The Balaban J connectivity index is 2.60. The maximum Gasteiger partial charge on any atom is 0.416 e. The molecule has 2 rings (SSSR count). The van der Waals surface area contributed by atoms with Gasteiger partial charge in [-0.3, -0.25) is 0 Å². The van der Waals surface area contributed by atoms with Crippen LogP contribution in [0.3, 0.4) is 0 Å². The molecule has 0 radical (unpaired) electrons. The topological polar surface area (TPSA) is 0 Å².